The average Bonchev–Trinajstić information content (AvgIpc) is 2.72. The highest BCUT2D eigenvalue weighted by atomic mass is 16.5. The first-order chi connectivity index (χ1) is 13.6. The molecular weight excluding hydrogens is 347 g/mol. The van der Waals surface area contributed by atoms with Gasteiger partial charge in [0.1, 0.15) is 5.75 Å². The van der Waals surface area contributed by atoms with Crippen LogP contribution in [0.4, 0.5) is 0 Å². The van der Waals surface area contributed by atoms with Gasteiger partial charge in [0.25, 0.3) is 0 Å². The van der Waals surface area contributed by atoms with Crippen LogP contribution in [0.25, 0.3) is 11.6 Å². The number of allylic oxidation sites excluding steroid dienone is 2. The summed E-state index contributed by atoms with van der Waals surface area (Å²) in [6.45, 7) is 6.25. The molecule has 1 heterocycles. The molecule has 1 aliphatic heterocycles. The Hall–Kier alpha value is -2.56. The number of phenols is 1. The van der Waals surface area contributed by atoms with Crippen LogP contribution in [0.5, 0.6) is 5.75 Å². The number of hydrogen-bond donors (Lipinski definition) is 2. The predicted octanol–water partition coefficient (Wildman–Crippen LogP) is 5.48. The number of aromatic hydroxyl groups is 1. The monoisotopic (exact) mass is 374 g/mol. The maximum Gasteiger partial charge on any atom is 0.458 e. The van der Waals surface area contributed by atoms with E-state index >= 15 is 0 Å². The summed E-state index contributed by atoms with van der Waals surface area (Å²) < 4.78 is 5.84. The smallest absolute Gasteiger partial charge is 0.458 e. The van der Waals surface area contributed by atoms with E-state index in [1.165, 1.54) is 5.57 Å². The van der Waals surface area contributed by atoms with Crippen molar-refractivity contribution in [2.24, 2.45) is 0 Å². The molecule has 4 heteroatoms. The quantitative estimate of drug-likeness (QED) is 0.498. The Morgan fingerprint density at radius 3 is 2.57 bits per heavy atom. The van der Waals surface area contributed by atoms with Crippen molar-refractivity contribution in [2.45, 2.75) is 38.6 Å². The minimum absolute atomic E-state index is 0.150. The fourth-order valence-corrected chi connectivity index (χ4v) is 3.49. The first-order valence-corrected chi connectivity index (χ1v) is 9.83. The molecule has 3 nitrogen and oxygen atoms in total. The maximum absolute atomic E-state index is 9.96. The van der Waals surface area contributed by atoms with Crippen LogP contribution in [-0.2, 0) is 4.65 Å². The number of benzene rings is 2. The van der Waals surface area contributed by atoms with Crippen molar-refractivity contribution in [1.82, 2.24) is 0 Å². The lowest BCUT2D eigenvalue weighted by Gasteiger charge is -2.28. The molecule has 2 aromatic rings. The Labute approximate surface area is 167 Å². The van der Waals surface area contributed by atoms with Crippen LogP contribution < -0.4 is 0 Å². The second kappa shape index (κ2) is 9.58. The van der Waals surface area contributed by atoms with Gasteiger partial charge in [-0.05, 0) is 53.7 Å². The highest BCUT2D eigenvalue weighted by Gasteiger charge is 2.27. The first-order valence-electron chi connectivity index (χ1n) is 9.83. The summed E-state index contributed by atoms with van der Waals surface area (Å²) in [6.07, 6.45) is 7.01. The Morgan fingerprint density at radius 2 is 1.89 bits per heavy atom. The Bertz CT molecular complexity index is 853. The van der Waals surface area contributed by atoms with E-state index in [1.54, 1.807) is 12.1 Å². The molecule has 2 N–H and O–H groups in total. The lowest BCUT2D eigenvalue weighted by atomic mass is 9.77. The second-order valence-corrected chi connectivity index (χ2v) is 7.10. The van der Waals surface area contributed by atoms with Gasteiger partial charge in [0, 0.05) is 6.32 Å². The highest BCUT2D eigenvalue weighted by molar-refractivity contribution is 6.43. The molecule has 0 aliphatic carbocycles. The van der Waals surface area contributed by atoms with E-state index < -0.39 is 7.12 Å². The minimum Gasteiger partial charge on any atom is -0.508 e. The molecule has 0 spiro atoms. The summed E-state index contributed by atoms with van der Waals surface area (Å²) >= 11 is 0. The van der Waals surface area contributed by atoms with Crippen molar-refractivity contribution in [3.05, 3.63) is 89.5 Å². The Morgan fingerprint density at radius 1 is 1.18 bits per heavy atom. The van der Waals surface area contributed by atoms with E-state index in [0.29, 0.717) is 6.32 Å². The molecule has 1 atom stereocenters. The van der Waals surface area contributed by atoms with Gasteiger partial charge in [0.05, 0.1) is 6.10 Å². The molecule has 144 valence electrons. The van der Waals surface area contributed by atoms with Gasteiger partial charge in [-0.15, -0.1) is 0 Å². The molecular formula is C24H27BO3. The second-order valence-electron chi connectivity index (χ2n) is 7.10. The van der Waals surface area contributed by atoms with E-state index in [1.807, 2.05) is 30.3 Å². The summed E-state index contributed by atoms with van der Waals surface area (Å²) in [4.78, 5) is 0. The third-order valence-corrected chi connectivity index (χ3v) is 5.10. The summed E-state index contributed by atoms with van der Waals surface area (Å²) in [6, 6.07) is 17.5. The van der Waals surface area contributed by atoms with Crippen LogP contribution in [0.2, 0.25) is 6.32 Å². The number of phenolic OH excluding ortho intramolecular Hbond substituents is 1. The van der Waals surface area contributed by atoms with Crippen LogP contribution in [-0.4, -0.2) is 23.4 Å². The van der Waals surface area contributed by atoms with Crippen LogP contribution in [0.1, 0.15) is 37.3 Å². The fourth-order valence-electron chi connectivity index (χ4n) is 3.49. The van der Waals surface area contributed by atoms with E-state index in [0.717, 1.165) is 41.5 Å². The summed E-state index contributed by atoms with van der Waals surface area (Å²) in [5.41, 5.74) is 5.57. The van der Waals surface area contributed by atoms with Crippen molar-refractivity contribution in [1.29, 1.82) is 0 Å². The maximum atomic E-state index is 9.96. The van der Waals surface area contributed by atoms with Gasteiger partial charge in [-0.1, -0.05) is 73.7 Å². The molecule has 1 aliphatic rings. The zero-order valence-electron chi connectivity index (χ0n) is 16.3. The third-order valence-electron chi connectivity index (χ3n) is 5.10. The fraction of sp³-hybridized carbons (Fsp3) is 0.250. The Kier molecular flexibility index (Phi) is 6.91. The molecule has 0 amide bonds. The van der Waals surface area contributed by atoms with Crippen molar-refractivity contribution < 1.29 is 14.8 Å². The lowest BCUT2D eigenvalue weighted by Crippen LogP contribution is -2.31. The van der Waals surface area contributed by atoms with Crippen molar-refractivity contribution in [2.75, 3.05) is 0 Å². The average molecular weight is 374 g/mol. The summed E-state index contributed by atoms with van der Waals surface area (Å²) in [5.74, 6) is 0.260. The van der Waals surface area contributed by atoms with Gasteiger partial charge >= 0.3 is 7.12 Å². The molecule has 0 fully saturated rings. The SMILES string of the molecule is C=C(CC)C1=CCB(O)OC1CC/C(=C/c1ccc(O)cc1)c1ccccc1. The van der Waals surface area contributed by atoms with E-state index in [2.05, 4.69) is 37.8 Å². The van der Waals surface area contributed by atoms with Crippen molar-refractivity contribution >= 4 is 18.8 Å². The van der Waals surface area contributed by atoms with Crippen LogP contribution in [0.15, 0.2) is 78.4 Å². The molecule has 1 unspecified atom stereocenters. The van der Waals surface area contributed by atoms with Crippen LogP contribution in [0.3, 0.4) is 0 Å². The number of hydrogen-bond acceptors (Lipinski definition) is 3. The van der Waals surface area contributed by atoms with E-state index in [-0.39, 0.29) is 11.9 Å². The molecule has 28 heavy (non-hydrogen) atoms. The summed E-state index contributed by atoms with van der Waals surface area (Å²) in [5, 5.41) is 19.5. The first kappa shape index (κ1) is 20.2. The van der Waals surface area contributed by atoms with Gasteiger partial charge in [0.15, 0.2) is 0 Å². The zero-order valence-corrected chi connectivity index (χ0v) is 16.3. The van der Waals surface area contributed by atoms with E-state index in [4.69, 9.17) is 4.65 Å². The van der Waals surface area contributed by atoms with Crippen molar-refractivity contribution in [3.8, 4) is 5.75 Å². The minimum atomic E-state index is -0.750. The molecule has 0 saturated carbocycles. The van der Waals surface area contributed by atoms with Gasteiger partial charge in [-0.3, -0.25) is 0 Å². The molecule has 3 rings (SSSR count). The largest absolute Gasteiger partial charge is 0.508 e. The standard InChI is InChI=1S/C24H27BO3/c1-3-18(2)23-15-16-25(27)28-24(23)14-11-21(20-7-5-4-6-8-20)17-19-9-12-22(26)13-10-19/h4-10,12-13,15,17,24,26-27H,2-3,11,14,16H2,1H3/b21-17-. The lowest BCUT2D eigenvalue weighted by molar-refractivity contribution is 0.184. The molecule has 0 radical (unpaired) electrons. The Balaban J connectivity index is 1.83. The van der Waals surface area contributed by atoms with Gasteiger partial charge < -0.3 is 14.8 Å². The van der Waals surface area contributed by atoms with Crippen LogP contribution >= 0.6 is 0 Å². The summed E-state index contributed by atoms with van der Waals surface area (Å²) in [7, 11) is -0.750. The van der Waals surface area contributed by atoms with Gasteiger partial charge in [-0.2, -0.15) is 0 Å². The van der Waals surface area contributed by atoms with E-state index in [9.17, 15) is 10.1 Å². The molecule has 2 aromatic carbocycles. The number of rotatable bonds is 7. The van der Waals surface area contributed by atoms with Gasteiger partial charge in [-0.25, -0.2) is 0 Å². The van der Waals surface area contributed by atoms with Crippen LogP contribution in [0, 0.1) is 0 Å². The molecule has 0 saturated heterocycles. The zero-order chi connectivity index (χ0) is 19.9. The normalized spacial score (nSPS) is 17.4. The third kappa shape index (κ3) is 5.25. The van der Waals surface area contributed by atoms with Crippen molar-refractivity contribution in [3.63, 3.8) is 0 Å². The molecule has 0 aromatic heterocycles. The molecule has 0 bridgehead atoms. The topological polar surface area (TPSA) is 49.7 Å². The predicted molar refractivity (Wildman–Crippen MR) is 117 cm³/mol. The van der Waals surface area contributed by atoms with Gasteiger partial charge in [0.2, 0.25) is 0 Å². The highest BCUT2D eigenvalue weighted by Crippen LogP contribution is 2.31.